The van der Waals surface area contributed by atoms with Crippen LogP contribution in [-0.2, 0) is 21.2 Å². The highest BCUT2D eigenvalue weighted by Gasteiger charge is 2.29. The summed E-state index contributed by atoms with van der Waals surface area (Å²) in [5, 5.41) is 3.19. The van der Waals surface area contributed by atoms with Crippen molar-refractivity contribution in [3.05, 3.63) is 29.3 Å². The van der Waals surface area contributed by atoms with Gasteiger partial charge in [0.05, 0.1) is 10.9 Å². The summed E-state index contributed by atoms with van der Waals surface area (Å²) in [6.45, 7) is 3.66. The number of rotatable bonds is 8. The van der Waals surface area contributed by atoms with Gasteiger partial charge in [-0.25, -0.2) is 13.1 Å². The number of hydrogen-bond donors (Lipinski definition) is 2. The summed E-state index contributed by atoms with van der Waals surface area (Å²) in [5.41, 5.74) is 2.12. The zero-order chi connectivity index (χ0) is 21.7. The van der Waals surface area contributed by atoms with Crippen LogP contribution in [0.5, 0.6) is 0 Å². The molecule has 1 unspecified atom stereocenters. The molecule has 1 aromatic carbocycles. The summed E-state index contributed by atoms with van der Waals surface area (Å²) in [5.74, 6) is 0.261. The minimum absolute atomic E-state index is 0.0683. The molecule has 6 nitrogen and oxygen atoms in total. The fraction of sp³-hybridized carbons (Fsp3) is 0.708. The van der Waals surface area contributed by atoms with Gasteiger partial charge in [-0.15, -0.1) is 0 Å². The van der Waals surface area contributed by atoms with Gasteiger partial charge in [-0.1, -0.05) is 31.7 Å². The monoisotopic (exact) mass is 447 g/mol. The van der Waals surface area contributed by atoms with E-state index >= 15 is 0 Å². The molecule has 0 bridgehead atoms. The Hall–Kier alpha value is -1.44. The maximum Gasteiger partial charge on any atom is 0.240 e. The summed E-state index contributed by atoms with van der Waals surface area (Å²) in [6, 6.07) is 5.33. The second kappa shape index (κ2) is 10.5. The van der Waals surface area contributed by atoms with Crippen LogP contribution in [0.25, 0.3) is 0 Å². The number of carbonyl (C=O) groups is 1. The Morgan fingerprint density at radius 2 is 1.74 bits per heavy atom. The Morgan fingerprint density at radius 1 is 1.00 bits per heavy atom. The third-order valence-electron chi connectivity index (χ3n) is 7.19. The molecule has 1 aromatic rings. The molecule has 172 valence electrons. The summed E-state index contributed by atoms with van der Waals surface area (Å²) < 4.78 is 28.5. The number of carbonyl (C=O) groups excluding carboxylic acids is 1. The highest BCUT2D eigenvalue weighted by molar-refractivity contribution is 7.89. The van der Waals surface area contributed by atoms with E-state index in [1.807, 2.05) is 6.07 Å². The highest BCUT2D eigenvalue weighted by Crippen LogP contribution is 2.34. The van der Waals surface area contributed by atoms with E-state index in [2.05, 4.69) is 14.9 Å². The van der Waals surface area contributed by atoms with Crippen LogP contribution in [0.4, 0.5) is 0 Å². The molecular weight excluding hydrogens is 410 g/mol. The van der Waals surface area contributed by atoms with Gasteiger partial charge in [-0.3, -0.25) is 4.79 Å². The lowest BCUT2D eigenvalue weighted by Crippen LogP contribution is -2.32. The molecule has 1 saturated heterocycles. The molecule has 0 radical (unpaired) electrons. The smallest absolute Gasteiger partial charge is 0.240 e. The first-order valence-electron chi connectivity index (χ1n) is 12.2. The molecular formula is C24H37N3O3S. The maximum absolute atomic E-state index is 12.9. The fourth-order valence-electron chi connectivity index (χ4n) is 5.33. The number of fused-ring (bicyclic) bond motifs is 1. The van der Waals surface area contributed by atoms with E-state index in [9.17, 15) is 13.2 Å². The van der Waals surface area contributed by atoms with Gasteiger partial charge >= 0.3 is 0 Å². The summed E-state index contributed by atoms with van der Waals surface area (Å²) in [7, 11) is -3.54. The first-order valence-corrected chi connectivity index (χ1v) is 13.7. The predicted molar refractivity (Wildman–Crippen MR) is 122 cm³/mol. The van der Waals surface area contributed by atoms with Gasteiger partial charge in [-0.05, 0) is 87.8 Å². The van der Waals surface area contributed by atoms with E-state index in [4.69, 9.17) is 0 Å². The van der Waals surface area contributed by atoms with Gasteiger partial charge in [0.15, 0.2) is 0 Å². The molecule has 7 heteroatoms. The number of amides is 1. The quantitative estimate of drug-likeness (QED) is 0.598. The lowest BCUT2D eigenvalue weighted by Gasteiger charge is -2.19. The first-order chi connectivity index (χ1) is 15.0. The molecule has 2 fully saturated rings. The third-order valence-corrected chi connectivity index (χ3v) is 8.65. The minimum Gasteiger partial charge on any atom is -0.349 e. The number of aryl methyl sites for hydroxylation is 1. The fourth-order valence-corrected chi connectivity index (χ4v) is 6.44. The zero-order valence-electron chi connectivity index (χ0n) is 18.6. The van der Waals surface area contributed by atoms with Gasteiger partial charge < -0.3 is 10.2 Å². The Morgan fingerprint density at radius 3 is 2.48 bits per heavy atom. The Labute approximate surface area is 187 Å². The van der Waals surface area contributed by atoms with Crippen LogP contribution in [0.15, 0.2) is 23.1 Å². The topological polar surface area (TPSA) is 78.5 Å². The van der Waals surface area contributed by atoms with Crippen molar-refractivity contribution in [2.45, 2.75) is 81.6 Å². The van der Waals surface area contributed by atoms with E-state index < -0.39 is 10.0 Å². The summed E-state index contributed by atoms with van der Waals surface area (Å²) >= 11 is 0. The van der Waals surface area contributed by atoms with Crippen LogP contribution in [0.3, 0.4) is 0 Å². The molecule has 2 N–H and O–H groups in total. The van der Waals surface area contributed by atoms with Crippen LogP contribution in [0.2, 0.25) is 0 Å². The highest BCUT2D eigenvalue weighted by atomic mass is 32.2. The van der Waals surface area contributed by atoms with Crippen LogP contribution < -0.4 is 10.0 Å². The number of sulfonamides is 1. The molecule has 31 heavy (non-hydrogen) atoms. The Bertz CT molecular complexity index is 857. The molecule has 1 aliphatic heterocycles. The number of hydrogen-bond acceptors (Lipinski definition) is 4. The molecule has 1 heterocycles. The maximum atomic E-state index is 12.9. The summed E-state index contributed by atoms with van der Waals surface area (Å²) in [4.78, 5) is 15.3. The molecule has 0 aromatic heterocycles. The standard InChI is InChI=1S/C24H37N3O3S/c28-24(20-8-3-4-9-20)26-23-13-11-19-10-12-21(18-22(19)23)31(29,30)25-14-7-17-27-15-5-1-2-6-16-27/h10,12,18,20,23,25H,1-9,11,13-17H2,(H,26,28). The second-order valence-electron chi connectivity index (χ2n) is 9.45. The van der Waals surface area contributed by atoms with Crippen molar-refractivity contribution < 1.29 is 13.2 Å². The van der Waals surface area contributed by atoms with Crippen LogP contribution >= 0.6 is 0 Å². The average Bonchev–Trinajstić information content (AvgIpc) is 3.36. The lowest BCUT2D eigenvalue weighted by atomic mass is 10.0. The molecule has 1 atom stereocenters. The Kier molecular flexibility index (Phi) is 7.67. The molecule has 3 aliphatic rings. The Balaban J connectivity index is 1.33. The van der Waals surface area contributed by atoms with Crippen molar-refractivity contribution in [3.8, 4) is 0 Å². The van der Waals surface area contributed by atoms with E-state index in [1.165, 1.54) is 25.7 Å². The van der Waals surface area contributed by atoms with E-state index in [1.54, 1.807) is 12.1 Å². The van der Waals surface area contributed by atoms with Gasteiger partial charge in [-0.2, -0.15) is 0 Å². The van der Waals surface area contributed by atoms with Crippen molar-refractivity contribution in [1.82, 2.24) is 14.9 Å². The number of likely N-dealkylation sites (tertiary alicyclic amines) is 1. The zero-order valence-corrected chi connectivity index (χ0v) is 19.4. The molecule has 4 rings (SSSR count). The molecule has 1 saturated carbocycles. The van der Waals surface area contributed by atoms with E-state index in [0.717, 1.165) is 75.7 Å². The summed E-state index contributed by atoms with van der Waals surface area (Å²) in [6.07, 6.45) is 11.9. The van der Waals surface area contributed by atoms with Gasteiger partial charge in [0.25, 0.3) is 0 Å². The third kappa shape index (κ3) is 5.88. The van der Waals surface area contributed by atoms with Crippen molar-refractivity contribution in [2.24, 2.45) is 5.92 Å². The number of nitrogens with one attached hydrogen (secondary N) is 2. The average molecular weight is 448 g/mol. The molecule has 1 amide bonds. The number of nitrogens with zero attached hydrogens (tertiary/aromatic N) is 1. The normalized spacial score (nSPS) is 22.9. The van der Waals surface area contributed by atoms with E-state index in [0.29, 0.717) is 11.4 Å². The second-order valence-corrected chi connectivity index (χ2v) is 11.2. The van der Waals surface area contributed by atoms with Gasteiger partial charge in [0.2, 0.25) is 15.9 Å². The molecule has 2 aliphatic carbocycles. The van der Waals surface area contributed by atoms with Crippen molar-refractivity contribution in [2.75, 3.05) is 26.2 Å². The van der Waals surface area contributed by atoms with E-state index in [-0.39, 0.29) is 17.9 Å². The number of benzene rings is 1. The van der Waals surface area contributed by atoms with Gasteiger partial charge in [0.1, 0.15) is 0 Å². The first kappa shape index (κ1) is 22.7. The lowest BCUT2D eigenvalue weighted by molar-refractivity contribution is -0.125. The SMILES string of the molecule is O=C(NC1CCc2ccc(S(=O)(=O)NCCCN3CCCCCC3)cc21)C1CCCC1. The molecule has 0 spiro atoms. The van der Waals surface area contributed by atoms with Crippen LogP contribution in [0, 0.1) is 5.92 Å². The van der Waals surface area contributed by atoms with Crippen LogP contribution in [0.1, 0.15) is 81.4 Å². The largest absolute Gasteiger partial charge is 0.349 e. The van der Waals surface area contributed by atoms with Crippen molar-refractivity contribution in [1.29, 1.82) is 0 Å². The van der Waals surface area contributed by atoms with Gasteiger partial charge in [0, 0.05) is 12.5 Å². The predicted octanol–water partition coefficient (Wildman–Crippen LogP) is 3.52. The minimum atomic E-state index is -3.54. The van der Waals surface area contributed by atoms with Crippen molar-refractivity contribution >= 4 is 15.9 Å². The van der Waals surface area contributed by atoms with Crippen LogP contribution in [-0.4, -0.2) is 45.4 Å². The van der Waals surface area contributed by atoms with Crippen molar-refractivity contribution in [3.63, 3.8) is 0 Å².